The molecule has 0 bridgehead atoms. The number of benzene rings is 1. The van der Waals surface area contributed by atoms with E-state index in [1.165, 1.54) is 5.56 Å². The Kier molecular flexibility index (Phi) is 3.64. The lowest BCUT2D eigenvalue weighted by Crippen LogP contribution is -2.57. The van der Waals surface area contributed by atoms with Crippen molar-refractivity contribution < 1.29 is 9.59 Å². The van der Waals surface area contributed by atoms with Crippen LogP contribution in [0.25, 0.3) is 10.9 Å². The molecular weight excluding hydrogens is 278 g/mol. The molecule has 1 aliphatic heterocycles. The molecule has 5 heteroatoms. The van der Waals surface area contributed by atoms with Gasteiger partial charge in [0.25, 0.3) is 5.91 Å². The van der Waals surface area contributed by atoms with Crippen LogP contribution in [0.3, 0.4) is 0 Å². The van der Waals surface area contributed by atoms with Gasteiger partial charge in [0.2, 0.25) is 5.91 Å². The van der Waals surface area contributed by atoms with E-state index in [4.69, 9.17) is 0 Å². The molecule has 0 aliphatic carbocycles. The number of rotatable bonds is 2. The van der Waals surface area contributed by atoms with Gasteiger partial charge in [-0.3, -0.25) is 9.59 Å². The normalized spacial score (nSPS) is 18.6. The summed E-state index contributed by atoms with van der Waals surface area (Å²) in [6, 6.07) is 7.69. The molecule has 0 spiro atoms. The summed E-state index contributed by atoms with van der Waals surface area (Å²) in [7, 11) is 1.90. The van der Waals surface area contributed by atoms with Crippen LogP contribution >= 0.6 is 0 Å². The zero-order chi connectivity index (χ0) is 15.9. The Balaban J connectivity index is 2.01. The van der Waals surface area contributed by atoms with Crippen LogP contribution < -0.4 is 5.32 Å². The van der Waals surface area contributed by atoms with Gasteiger partial charge in [0.05, 0.1) is 0 Å². The molecule has 1 aliphatic rings. The average molecular weight is 299 g/mol. The van der Waals surface area contributed by atoms with Crippen molar-refractivity contribution in [3.63, 3.8) is 0 Å². The predicted octanol–water partition coefficient (Wildman–Crippen LogP) is 1.84. The maximum Gasteiger partial charge on any atom is 0.271 e. The fourth-order valence-electron chi connectivity index (χ4n) is 3.18. The summed E-state index contributed by atoms with van der Waals surface area (Å²) in [6.07, 6.45) is 0.626. The van der Waals surface area contributed by atoms with Crippen molar-refractivity contribution in [3.05, 3.63) is 35.5 Å². The molecule has 0 radical (unpaired) electrons. The van der Waals surface area contributed by atoms with Crippen LogP contribution in [0.5, 0.6) is 0 Å². The molecule has 1 saturated heterocycles. The maximum atomic E-state index is 12.9. The number of nitrogens with one attached hydrogen (secondary N) is 1. The van der Waals surface area contributed by atoms with E-state index in [9.17, 15) is 9.59 Å². The van der Waals surface area contributed by atoms with Crippen LogP contribution in [-0.2, 0) is 11.8 Å². The first-order chi connectivity index (χ1) is 10.5. The molecule has 3 rings (SSSR count). The molecule has 1 atom stereocenters. The smallest absolute Gasteiger partial charge is 0.271 e. The molecule has 1 fully saturated rings. The van der Waals surface area contributed by atoms with E-state index in [2.05, 4.69) is 11.4 Å². The summed E-state index contributed by atoms with van der Waals surface area (Å²) in [4.78, 5) is 26.6. The average Bonchev–Trinajstić information content (AvgIpc) is 2.82. The third-order valence-corrected chi connectivity index (χ3v) is 4.40. The second-order valence-electron chi connectivity index (χ2n) is 5.86. The van der Waals surface area contributed by atoms with Crippen molar-refractivity contribution in [1.29, 1.82) is 0 Å². The summed E-state index contributed by atoms with van der Waals surface area (Å²) in [5.74, 6) is -0.130. The molecule has 116 valence electrons. The molecule has 2 heterocycles. The van der Waals surface area contributed by atoms with Gasteiger partial charge in [0.15, 0.2) is 0 Å². The van der Waals surface area contributed by atoms with Crippen molar-refractivity contribution in [2.24, 2.45) is 7.05 Å². The largest absolute Gasteiger partial charge is 0.353 e. The van der Waals surface area contributed by atoms with Crippen molar-refractivity contribution in [1.82, 2.24) is 14.8 Å². The van der Waals surface area contributed by atoms with Gasteiger partial charge in [0, 0.05) is 31.0 Å². The van der Waals surface area contributed by atoms with Crippen molar-refractivity contribution in [3.8, 4) is 0 Å². The van der Waals surface area contributed by atoms with E-state index in [1.54, 1.807) is 4.90 Å². The summed E-state index contributed by atoms with van der Waals surface area (Å²) >= 11 is 0. The van der Waals surface area contributed by atoms with Gasteiger partial charge < -0.3 is 14.8 Å². The predicted molar refractivity (Wildman–Crippen MR) is 85.8 cm³/mol. The minimum absolute atomic E-state index is 0.0586. The highest BCUT2D eigenvalue weighted by Crippen LogP contribution is 2.22. The van der Waals surface area contributed by atoms with Crippen molar-refractivity contribution >= 4 is 22.7 Å². The Morgan fingerprint density at radius 1 is 1.36 bits per heavy atom. The number of amides is 2. The molecule has 2 amide bonds. The number of aryl methyl sites for hydroxylation is 2. The maximum absolute atomic E-state index is 12.9. The zero-order valence-corrected chi connectivity index (χ0v) is 13.2. The summed E-state index contributed by atoms with van der Waals surface area (Å²) < 4.78 is 1.91. The zero-order valence-electron chi connectivity index (χ0n) is 13.2. The Morgan fingerprint density at radius 2 is 2.14 bits per heavy atom. The lowest BCUT2D eigenvalue weighted by Gasteiger charge is -2.34. The van der Waals surface area contributed by atoms with E-state index >= 15 is 0 Å². The van der Waals surface area contributed by atoms with Crippen LogP contribution in [0.4, 0.5) is 0 Å². The van der Waals surface area contributed by atoms with E-state index in [1.807, 2.05) is 43.7 Å². The van der Waals surface area contributed by atoms with Gasteiger partial charge in [-0.25, -0.2) is 0 Å². The number of hydrogen-bond donors (Lipinski definition) is 1. The van der Waals surface area contributed by atoms with E-state index in [0.717, 1.165) is 10.9 Å². The molecule has 22 heavy (non-hydrogen) atoms. The molecule has 1 aromatic carbocycles. The Morgan fingerprint density at radius 3 is 2.86 bits per heavy atom. The Labute approximate surface area is 129 Å². The van der Waals surface area contributed by atoms with E-state index < -0.39 is 0 Å². The molecular formula is C17H21N3O2. The first-order valence-electron chi connectivity index (χ1n) is 7.67. The lowest BCUT2D eigenvalue weighted by atomic mass is 10.1. The minimum atomic E-state index is -0.374. The highest BCUT2D eigenvalue weighted by Gasteiger charge is 2.33. The SMILES string of the molecule is CC[C@H]1C(=O)NCCN1C(=O)c1cc2cc(C)ccc2n1C. The van der Waals surface area contributed by atoms with Crippen LogP contribution in [0, 0.1) is 6.92 Å². The molecule has 1 N–H and O–H groups in total. The van der Waals surface area contributed by atoms with Crippen LogP contribution in [0.2, 0.25) is 0 Å². The summed E-state index contributed by atoms with van der Waals surface area (Å²) in [5.41, 5.74) is 2.83. The van der Waals surface area contributed by atoms with Crippen molar-refractivity contribution in [2.45, 2.75) is 26.3 Å². The standard InChI is InChI=1S/C17H21N3O2/c1-4-13-16(21)18-7-8-20(13)17(22)15-10-12-9-11(2)5-6-14(12)19(15)3/h5-6,9-10,13H,4,7-8H2,1-3H3,(H,18,21)/t13-/m0/s1. The van der Waals surface area contributed by atoms with Gasteiger partial charge in [0.1, 0.15) is 11.7 Å². The van der Waals surface area contributed by atoms with Gasteiger partial charge in [-0.15, -0.1) is 0 Å². The molecule has 1 aromatic heterocycles. The topological polar surface area (TPSA) is 54.3 Å². The lowest BCUT2D eigenvalue weighted by molar-refractivity contribution is -0.127. The number of carbonyl (C=O) groups excluding carboxylic acids is 2. The number of hydrogen-bond acceptors (Lipinski definition) is 2. The highest BCUT2D eigenvalue weighted by atomic mass is 16.2. The first-order valence-corrected chi connectivity index (χ1v) is 7.67. The highest BCUT2D eigenvalue weighted by molar-refractivity contribution is 6.01. The molecule has 2 aromatic rings. The van der Waals surface area contributed by atoms with Gasteiger partial charge in [-0.05, 0) is 31.5 Å². The molecule has 0 saturated carbocycles. The van der Waals surface area contributed by atoms with Crippen molar-refractivity contribution in [2.75, 3.05) is 13.1 Å². The number of piperazine rings is 1. The van der Waals surface area contributed by atoms with Crippen LogP contribution in [0.1, 0.15) is 29.4 Å². The van der Waals surface area contributed by atoms with Gasteiger partial charge in [-0.2, -0.15) is 0 Å². The fourth-order valence-corrected chi connectivity index (χ4v) is 3.18. The number of carbonyl (C=O) groups is 2. The second kappa shape index (κ2) is 5.48. The number of aromatic nitrogens is 1. The Bertz CT molecular complexity index is 748. The monoisotopic (exact) mass is 299 g/mol. The minimum Gasteiger partial charge on any atom is -0.353 e. The fraction of sp³-hybridized carbons (Fsp3) is 0.412. The quantitative estimate of drug-likeness (QED) is 0.920. The van der Waals surface area contributed by atoms with Crippen LogP contribution in [-0.4, -0.2) is 40.4 Å². The van der Waals surface area contributed by atoms with E-state index in [0.29, 0.717) is 25.2 Å². The number of fused-ring (bicyclic) bond motifs is 1. The third kappa shape index (κ3) is 2.26. The summed E-state index contributed by atoms with van der Waals surface area (Å²) in [6.45, 7) is 5.05. The second-order valence-corrected chi connectivity index (χ2v) is 5.86. The molecule has 5 nitrogen and oxygen atoms in total. The van der Waals surface area contributed by atoms with Crippen LogP contribution in [0.15, 0.2) is 24.3 Å². The number of nitrogens with zero attached hydrogens (tertiary/aromatic N) is 2. The Hall–Kier alpha value is -2.30. The first kappa shape index (κ1) is 14.6. The van der Waals surface area contributed by atoms with Gasteiger partial charge in [-0.1, -0.05) is 18.6 Å². The van der Waals surface area contributed by atoms with E-state index in [-0.39, 0.29) is 17.9 Å². The summed E-state index contributed by atoms with van der Waals surface area (Å²) in [5, 5.41) is 3.88. The molecule has 0 unspecified atom stereocenters. The van der Waals surface area contributed by atoms with Gasteiger partial charge >= 0.3 is 0 Å². The third-order valence-electron chi connectivity index (χ3n) is 4.40.